The first-order valence-corrected chi connectivity index (χ1v) is 7.87. The molecule has 0 radical (unpaired) electrons. The molecule has 0 saturated heterocycles. The summed E-state index contributed by atoms with van der Waals surface area (Å²) in [4.78, 5) is 24.0. The Morgan fingerprint density at radius 2 is 2.05 bits per heavy atom. The molecule has 0 fully saturated rings. The number of halogens is 2. The van der Waals surface area contributed by atoms with Gasteiger partial charge in [0.25, 0.3) is 0 Å². The first kappa shape index (κ1) is 16.8. The average Bonchev–Trinajstić information content (AvgIpc) is 2.76. The van der Waals surface area contributed by atoms with Crippen molar-refractivity contribution in [3.63, 3.8) is 0 Å². The lowest BCUT2D eigenvalue weighted by Crippen LogP contribution is -2.30. The Bertz CT molecular complexity index is 724. The van der Waals surface area contributed by atoms with Crippen molar-refractivity contribution in [3.05, 3.63) is 50.1 Å². The van der Waals surface area contributed by atoms with Gasteiger partial charge in [-0.05, 0) is 47.5 Å². The van der Waals surface area contributed by atoms with Gasteiger partial charge in [0, 0.05) is 5.02 Å². The fourth-order valence-corrected chi connectivity index (χ4v) is 2.57. The molecule has 8 heteroatoms. The number of benzene rings is 1. The highest BCUT2D eigenvalue weighted by atomic mass is 79.9. The second kappa shape index (κ2) is 7.11. The van der Waals surface area contributed by atoms with Gasteiger partial charge in [0.05, 0.1) is 12.6 Å². The van der Waals surface area contributed by atoms with E-state index in [4.69, 9.17) is 16.3 Å². The molecule has 0 spiro atoms. The highest BCUT2D eigenvalue weighted by Crippen LogP contribution is 2.19. The summed E-state index contributed by atoms with van der Waals surface area (Å²) in [5.74, 6) is -0.482. The first-order chi connectivity index (χ1) is 10.4. The third-order valence-corrected chi connectivity index (χ3v) is 3.99. The lowest BCUT2D eigenvalue weighted by Gasteiger charge is -2.11. The number of hydrogen-bond donors (Lipinski definition) is 0. The number of hydrogen-bond acceptors (Lipinski definition) is 4. The number of carbonyl (C=O) groups is 1. The summed E-state index contributed by atoms with van der Waals surface area (Å²) >= 11 is 9.06. The summed E-state index contributed by atoms with van der Waals surface area (Å²) in [6.45, 7) is 3.64. The van der Waals surface area contributed by atoms with Crippen LogP contribution >= 0.6 is 27.5 Å². The Kier molecular flexibility index (Phi) is 5.42. The van der Waals surface area contributed by atoms with Crippen molar-refractivity contribution in [3.8, 4) is 0 Å². The molecule has 0 aliphatic carbocycles. The van der Waals surface area contributed by atoms with Crippen LogP contribution < -0.4 is 5.69 Å². The molecule has 1 atom stereocenters. The minimum absolute atomic E-state index is 0.180. The molecule has 1 aromatic carbocycles. The summed E-state index contributed by atoms with van der Waals surface area (Å²) < 4.78 is 7.67. The predicted octanol–water partition coefficient (Wildman–Crippen LogP) is 2.63. The van der Waals surface area contributed by atoms with Crippen LogP contribution in [0.15, 0.2) is 33.8 Å². The summed E-state index contributed by atoms with van der Waals surface area (Å²) in [5, 5.41) is 4.79. The Hall–Kier alpha value is -1.60. The van der Waals surface area contributed by atoms with E-state index in [0.29, 0.717) is 5.02 Å². The van der Waals surface area contributed by atoms with Crippen LogP contribution in [-0.2, 0) is 16.1 Å². The van der Waals surface area contributed by atoms with E-state index in [1.807, 2.05) is 19.1 Å². The van der Waals surface area contributed by atoms with Gasteiger partial charge < -0.3 is 4.74 Å². The van der Waals surface area contributed by atoms with E-state index in [0.717, 1.165) is 5.56 Å². The number of nitrogens with zero attached hydrogens (tertiary/aromatic N) is 3. The molecule has 0 saturated carbocycles. The molecular formula is C14H15BrClN3O3. The lowest BCUT2D eigenvalue weighted by molar-refractivity contribution is -0.143. The second-order valence-corrected chi connectivity index (χ2v) is 5.76. The Morgan fingerprint density at radius 3 is 2.64 bits per heavy atom. The van der Waals surface area contributed by atoms with Crippen LogP contribution in [-0.4, -0.2) is 26.9 Å². The molecule has 118 valence electrons. The maximum absolute atomic E-state index is 12.4. The minimum atomic E-state index is -0.482. The molecule has 0 unspecified atom stereocenters. The van der Waals surface area contributed by atoms with E-state index in [1.165, 1.54) is 9.25 Å². The zero-order chi connectivity index (χ0) is 16.3. The monoisotopic (exact) mass is 387 g/mol. The van der Waals surface area contributed by atoms with Crippen LogP contribution in [0.5, 0.6) is 0 Å². The average molecular weight is 389 g/mol. The maximum Gasteiger partial charge on any atom is 0.347 e. The van der Waals surface area contributed by atoms with E-state index in [2.05, 4.69) is 21.0 Å². The fourth-order valence-electron chi connectivity index (χ4n) is 1.99. The summed E-state index contributed by atoms with van der Waals surface area (Å²) in [6.07, 6.45) is 0. The van der Waals surface area contributed by atoms with Crippen molar-refractivity contribution < 1.29 is 9.53 Å². The molecule has 6 nitrogen and oxygen atoms in total. The van der Waals surface area contributed by atoms with Crippen molar-refractivity contribution in [2.24, 2.45) is 0 Å². The molecule has 0 N–H and O–H groups in total. The molecule has 0 aliphatic heterocycles. The Labute approximate surface area is 140 Å². The van der Waals surface area contributed by atoms with Crippen LogP contribution in [0.1, 0.15) is 25.5 Å². The predicted molar refractivity (Wildman–Crippen MR) is 86.1 cm³/mol. The van der Waals surface area contributed by atoms with Gasteiger partial charge in [-0.1, -0.05) is 23.7 Å². The molecule has 22 heavy (non-hydrogen) atoms. The second-order valence-electron chi connectivity index (χ2n) is 4.61. The molecule has 1 heterocycles. The quantitative estimate of drug-likeness (QED) is 0.739. The topological polar surface area (TPSA) is 66.1 Å². The number of rotatable bonds is 5. The van der Waals surface area contributed by atoms with Crippen LogP contribution in [0.2, 0.25) is 5.02 Å². The first-order valence-electron chi connectivity index (χ1n) is 6.70. The molecule has 0 aliphatic rings. The number of carbonyl (C=O) groups excluding carboxylic acids is 1. The van der Waals surface area contributed by atoms with Gasteiger partial charge in [0.15, 0.2) is 0 Å². The zero-order valence-electron chi connectivity index (χ0n) is 12.1. The van der Waals surface area contributed by atoms with Gasteiger partial charge in [-0.3, -0.25) is 9.36 Å². The summed E-state index contributed by atoms with van der Waals surface area (Å²) in [6, 6.07) is 6.88. The van der Waals surface area contributed by atoms with Crippen LogP contribution in [0.4, 0.5) is 0 Å². The molecule has 1 aromatic heterocycles. The van der Waals surface area contributed by atoms with Crippen molar-refractivity contribution in [2.75, 3.05) is 6.61 Å². The van der Waals surface area contributed by atoms with Gasteiger partial charge in [-0.15, -0.1) is 5.10 Å². The van der Waals surface area contributed by atoms with E-state index >= 15 is 0 Å². The maximum atomic E-state index is 12.4. The zero-order valence-corrected chi connectivity index (χ0v) is 14.5. The van der Waals surface area contributed by atoms with E-state index < -0.39 is 5.97 Å². The van der Waals surface area contributed by atoms with E-state index in [1.54, 1.807) is 19.1 Å². The highest BCUT2D eigenvalue weighted by molar-refractivity contribution is 9.10. The largest absolute Gasteiger partial charge is 0.465 e. The summed E-state index contributed by atoms with van der Waals surface area (Å²) in [5.41, 5.74) is 0.502. The third kappa shape index (κ3) is 3.59. The smallest absolute Gasteiger partial charge is 0.347 e. The molecule has 2 rings (SSSR count). The van der Waals surface area contributed by atoms with Crippen LogP contribution in [0.25, 0.3) is 0 Å². The summed E-state index contributed by atoms with van der Waals surface area (Å²) in [7, 11) is 0. The highest BCUT2D eigenvalue weighted by Gasteiger charge is 2.19. The van der Waals surface area contributed by atoms with Gasteiger partial charge in [-0.2, -0.15) is 0 Å². The minimum Gasteiger partial charge on any atom is -0.465 e. The van der Waals surface area contributed by atoms with Gasteiger partial charge in [0.2, 0.25) is 4.73 Å². The lowest BCUT2D eigenvalue weighted by atomic mass is 10.1. The number of ether oxygens (including phenoxy) is 1. The number of esters is 1. The van der Waals surface area contributed by atoms with Crippen molar-refractivity contribution in [1.82, 2.24) is 14.3 Å². The van der Waals surface area contributed by atoms with Crippen LogP contribution in [0, 0.1) is 0 Å². The standard InChI is InChI=1S/C14H15BrClN3O3/c1-3-22-12(20)8-18-13(15)17-19(14(18)21)9(2)10-4-6-11(16)7-5-10/h4-7,9H,3,8H2,1-2H3/t9-/m0/s1. The third-order valence-electron chi connectivity index (χ3n) is 3.15. The van der Waals surface area contributed by atoms with Crippen molar-refractivity contribution in [2.45, 2.75) is 26.4 Å². The normalized spacial score (nSPS) is 12.2. The fraction of sp³-hybridized carbons (Fsp3) is 0.357. The number of aromatic nitrogens is 3. The SMILES string of the molecule is CCOC(=O)Cn1c(Br)nn([C@@H](C)c2ccc(Cl)cc2)c1=O. The molecular weight excluding hydrogens is 374 g/mol. The molecule has 0 amide bonds. The van der Waals surface area contributed by atoms with Gasteiger partial charge in [-0.25, -0.2) is 9.48 Å². The molecule has 0 bridgehead atoms. The molecule has 2 aromatic rings. The van der Waals surface area contributed by atoms with Crippen molar-refractivity contribution >= 4 is 33.5 Å². The van der Waals surface area contributed by atoms with E-state index in [9.17, 15) is 9.59 Å². The van der Waals surface area contributed by atoms with Crippen molar-refractivity contribution in [1.29, 1.82) is 0 Å². The van der Waals surface area contributed by atoms with Crippen LogP contribution in [0.3, 0.4) is 0 Å². The Morgan fingerprint density at radius 1 is 1.41 bits per heavy atom. The van der Waals surface area contributed by atoms with Gasteiger partial charge >= 0.3 is 11.7 Å². The van der Waals surface area contributed by atoms with E-state index in [-0.39, 0.29) is 29.6 Å². The van der Waals surface area contributed by atoms with Gasteiger partial charge in [0.1, 0.15) is 6.54 Å². The Balaban J connectivity index is 2.31.